The lowest BCUT2D eigenvalue weighted by molar-refractivity contribution is 0.774. The zero-order valence-corrected chi connectivity index (χ0v) is 13.7. The molecule has 0 N–H and O–H groups in total. The largest absolute Gasteiger partial charge is 0.258 e. The highest BCUT2D eigenvalue weighted by Gasteiger charge is 2.13. The molecule has 0 aliphatic rings. The first kappa shape index (κ1) is 16.1. The maximum Gasteiger partial charge on any atom is 0.171 e. The molecule has 0 amide bonds. The Kier molecular flexibility index (Phi) is 5.14. The molecule has 3 rings (SSSR count). The van der Waals surface area contributed by atoms with Gasteiger partial charge < -0.3 is 0 Å². The lowest BCUT2D eigenvalue weighted by Crippen LogP contribution is -2.09. The number of nitrogens with zero attached hydrogens (tertiary/aromatic N) is 6. The third-order valence-electron chi connectivity index (χ3n) is 3.59. The van der Waals surface area contributed by atoms with Gasteiger partial charge in [-0.05, 0) is 31.0 Å². The van der Waals surface area contributed by atoms with Crippen molar-refractivity contribution in [1.29, 1.82) is 5.26 Å². The first-order chi connectivity index (χ1) is 11.8. The van der Waals surface area contributed by atoms with Crippen molar-refractivity contribution in [2.45, 2.75) is 19.3 Å². The van der Waals surface area contributed by atoms with Crippen LogP contribution in [0.1, 0.15) is 29.1 Å². The van der Waals surface area contributed by atoms with E-state index in [9.17, 15) is 5.26 Å². The van der Waals surface area contributed by atoms with Crippen LogP contribution >= 0.6 is 11.6 Å². The maximum atomic E-state index is 9.27. The Bertz CT molecular complexity index is 867. The lowest BCUT2D eigenvalue weighted by Gasteiger charge is -2.10. The van der Waals surface area contributed by atoms with E-state index in [0.717, 1.165) is 29.9 Å². The topological polar surface area (TPSA) is 80.3 Å². The Labute approximate surface area is 144 Å². The Morgan fingerprint density at radius 2 is 1.88 bits per heavy atom. The van der Waals surface area contributed by atoms with Gasteiger partial charge in [0.25, 0.3) is 0 Å². The van der Waals surface area contributed by atoms with Gasteiger partial charge in [0, 0.05) is 37.1 Å². The molecule has 0 aliphatic carbocycles. The Morgan fingerprint density at radius 3 is 2.67 bits per heavy atom. The van der Waals surface area contributed by atoms with Gasteiger partial charge in [-0.3, -0.25) is 9.97 Å². The number of aryl methyl sites for hydroxylation is 1. The molecule has 0 aliphatic heterocycles. The van der Waals surface area contributed by atoms with Crippen molar-refractivity contribution >= 4 is 11.6 Å². The van der Waals surface area contributed by atoms with Crippen LogP contribution in [0.15, 0.2) is 43.0 Å². The number of hydrogen-bond acceptors (Lipinski definition) is 5. The van der Waals surface area contributed by atoms with Crippen molar-refractivity contribution in [3.8, 4) is 11.9 Å². The molecule has 3 heterocycles. The molecule has 6 nitrogen and oxygen atoms in total. The maximum absolute atomic E-state index is 9.27. The molecule has 120 valence electrons. The van der Waals surface area contributed by atoms with Gasteiger partial charge in [-0.2, -0.15) is 10.4 Å². The standard InChI is InChI=1S/C17H15ClN6/c18-6-1-4-15-16(21-10-9-20-15)11-14-5-8-23-24(14)17-13(12-19)3-2-7-22-17/h2-3,5,7-10H,1,4,6,11H2. The highest BCUT2D eigenvalue weighted by molar-refractivity contribution is 6.17. The molecule has 0 bridgehead atoms. The number of rotatable bonds is 6. The van der Waals surface area contributed by atoms with Gasteiger partial charge in [0.2, 0.25) is 0 Å². The fourth-order valence-electron chi connectivity index (χ4n) is 2.47. The second kappa shape index (κ2) is 7.66. The fourth-order valence-corrected chi connectivity index (χ4v) is 2.60. The molecular formula is C17H15ClN6. The predicted molar refractivity (Wildman–Crippen MR) is 90.0 cm³/mol. The summed E-state index contributed by atoms with van der Waals surface area (Å²) < 4.78 is 1.68. The molecule has 3 aromatic rings. The van der Waals surface area contributed by atoms with Crippen LogP contribution < -0.4 is 0 Å². The summed E-state index contributed by atoms with van der Waals surface area (Å²) in [6, 6.07) is 7.51. The zero-order chi connectivity index (χ0) is 16.8. The summed E-state index contributed by atoms with van der Waals surface area (Å²) in [5, 5.41) is 13.6. The Balaban J connectivity index is 1.94. The van der Waals surface area contributed by atoms with Crippen LogP contribution in [-0.4, -0.2) is 30.6 Å². The van der Waals surface area contributed by atoms with E-state index in [2.05, 4.69) is 26.1 Å². The van der Waals surface area contributed by atoms with E-state index in [0.29, 0.717) is 23.7 Å². The molecule has 0 saturated carbocycles. The summed E-state index contributed by atoms with van der Waals surface area (Å²) in [6.45, 7) is 0. The first-order valence-corrected chi connectivity index (χ1v) is 8.10. The van der Waals surface area contributed by atoms with E-state index in [1.54, 1.807) is 41.6 Å². The van der Waals surface area contributed by atoms with E-state index >= 15 is 0 Å². The highest BCUT2D eigenvalue weighted by Crippen LogP contribution is 2.16. The van der Waals surface area contributed by atoms with Gasteiger partial charge in [-0.1, -0.05) is 0 Å². The summed E-state index contributed by atoms with van der Waals surface area (Å²) >= 11 is 5.78. The second-order valence-electron chi connectivity index (χ2n) is 5.14. The molecular weight excluding hydrogens is 324 g/mol. The van der Waals surface area contributed by atoms with Crippen LogP contribution in [0.4, 0.5) is 0 Å². The van der Waals surface area contributed by atoms with Crippen LogP contribution in [0.25, 0.3) is 5.82 Å². The minimum Gasteiger partial charge on any atom is -0.258 e. The van der Waals surface area contributed by atoms with Crippen molar-refractivity contribution in [2.75, 3.05) is 5.88 Å². The van der Waals surface area contributed by atoms with Gasteiger partial charge >= 0.3 is 0 Å². The van der Waals surface area contributed by atoms with Crippen molar-refractivity contribution in [3.05, 3.63) is 65.6 Å². The van der Waals surface area contributed by atoms with Gasteiger partial charge in [0.15, 0.2) is 5.82 Å². The summed E-state index contributed by atoms with van der Waals surface area (Å²) in [5.74, 6) is 1.11. The number of aromatic nitrogens is 5. The van der Waals surface area contributed by atoms with Crippen LogP contribution in [0.3, 0.4) is 0 Å². The minimum absolute atomic E-state index is 0.476. The first-order valence-electron chi connectivity index (χ1n) is 7.56. The lowest BCUT2D eigenvalue weighted by atomic mass is 10.1. The zero-order valence-electron chi connectivity index (χ0n) is 12.9. The third-order valence-corrected chi connectivity index (χ3v) is 3.85. The molecule has 0 fully saturated rings. The second-order valence-corrected chi connectivity index (χ2v) is 5.52. The SMILES string of the molecule is N#Cc1cccnc1-n1nccc1Cc1nccnc1CCCCl. The predicted octanol–water partition coefficient (Wildman–Crippen LogP) is 2.69. The number of halogens is 1. The molecule has 0 atom stereocenters. The van der Waals surface area contributed by atoms with Crippen LogP contribution in [0.2, 0.25) is 0 Å². The van der Waals surface area contributed by atoms with Gasteiger partial charge in [-0.25, -0.2) is 9.67 Å². The smallest absolute Gasteiger partial charge is 0.171 e. The molecule has 0 saturated heterocycles. The quantitative estimate of drug-likeness (QED) is 0.645. The van der Waals surface area contributed by atoms with Crippen LogP contribution in [0, 0.1) is 11.3 Å². The molecule has 0 unspecified atom stereocenters. The van der Waals surface area contributed by atoms with Gasteiger partial charge in [0.05, 0.1) is 22.6 Å². The number of hydrogen-bond donors (Lipinski definition) is 0. The summed E-state index contributed by atoms with van der Waals surface area (Å²) in [7, 11) is 0. The van der Waals surface area contributed by atoms with Crippen molar-refractivity contribution in [2.24, 2.45) is 0 Å². The summed E-state index contributed by atoms with van der Waals surface area (Å²) in [4.78, 5) is 13.2. The van der Waals surface area contributed by atoms with E-state index in [-0.39, 0.29) is 0 Å². The van der Waals surface area contributed by atoms with Crippen molar-refractivity contribution < 1.29 is 0 Å². The van der Waals surface area contributed by atoms with Gasteiger partial charge in [0.1, 0.15) is 6.07 Å². The van der Waals surface area contributed by atoms with Crippen molar-refractivity contribution in [1.82, 2.24) is 24.7 Å². The molecule has 0 radical (unpaired) electrons. The number of pyridine rings is 1. The summed E-state index contributed by atoms with van der Waals surface area (Å²) in [5.41, 5.74) is 3.20. The number of nitriles is 1. The van der Waals surface area contributed by atoms with Crippen molar-refractivity contribution in [3.63, 3.8) is 0 Å². The highest BCUT2D eigenvalue weighted by atomic mass is 35.5. The van der Waals surface area contributed by atoms with Gasteiger partial charge in [-0.15, -0.1) is 11.6 Å². The normalized spacial score (nSPS) is 10.5. The van der Waals surface area contributed by atoms with E-state index in [1.165, 1.54) is 0 Å². The minimum atomic E-state index is 0.476. The van der Waals surface area contributed by atoms with Crippen LogP contribution in [0.5, 0.6) is 0 Å². The third kappa shape index (κ3) is 3.42. The van der Waals surface area contributed by atoms with E-state index < -0.39 is 0 Å². The fraction of sp³-hybridized carbons (Fsp3) is 0.235. The summed E-state index contributed by atoms with van der Waals surface area (Å²) in [6.07, 6.45) is 8.92. The molecule has 0 aromatic carbocycles. The molecule has 0 spiro atoms. The average Bonchev–Trinajstić information content (AvgIpc) is 3.09. The van der Waals surface area contributed by atoms with E-state index in [1.807, 2.05) is 6.07 Å². The molecule has 3 aromatic heterocycles. The Morgan fingerprint density at radius 1 is 1.04 bits per heavy atom. The van der Waals surface area contributed by atoms with E-state index in [4.69, 9.17) is 11.6 Å². The Hall–Kier alpha value is -2.78. The molecule has 24 heavy (non-hydrogen) atoms. The number of alkyl halides is 1. The van der Waals surface area contributed by atoms with Crippen LogP contribution in [-0.2, 0) is 12.8 Å². The average molecular weight is 339 g/mol. The monoisotopic (exact) mass is 338 g/mol. The molecule has 7 heteroatoms.